The van der Waals surface area contributed by atoms with Crippen LogP contribution in [0.3, 0.4) is 0 Å². The molecule has 2 heterocycles. The lowest BCUT2D eigenvalue weighted by atomic mass is 11.0. The van der Waals surface area contributed by atoms with Crippen molar-refractivity contribution >= 4 is 55.2 Å². The SMILES string of the molecule is CC=S1(=CC)C=CSC1=C1SC=CS1. The molecule has 0 saturated heterocycles. The third kappa shape index (κ3) is 1.73. The standard InChI is InChI=1S/C10H12S4/c1-3-14(4-2)8-7-13-10(14)9-11-5-6-12-9/h3-8H,1-2H3. The molecular formula is C10H12S4. The molecule has 0 fully saturated rings. The first kappa shape index (κ1) is 10.9. The second-order valence-corrected chi connectivity index (χ2v) is 9.12. The molecule has 14 heavy (non-hydrogen) atoms. The first-order valence-electron chi connectivity index (χ1n) is 4.30. The summed E-state index contributed by atoms with van der Waals surface area (Å²) in [4.78, 5) is 0. The maximum atomic E-state index is 2.36. The monoisotopic (exact) mass is 260 g/mol. The maximum Gasteiger partial charge on any atom is 0.0684 e. The van der Waals surface area contributed by atoms with E-state index in [1.54, 1.807) is 4.24 Å². The van der Waals surface area contributed by atoms with Crippen LogP contribution < -0.4 is 0 Å². The second kappa shape index (κ2) is 4.47. The van der Waals surface area contributed by atoms with Gasteiger partial charge in [0, 0.05) is 0 Å². The average Bonchev–Trinajstić information content (AvgIpc) is 2.86. The largest absolute Gasteiger partial charge is 0.153 e. The zero-order valence-electron chi connectivity index (χ0n) is 8.10. The fourth-order valence-electron chi connectivity index (χ4n) is 1.33. The van der Waals surface area contributed by atoms with Crippen LogP contribution in [-0.4, -0.2) is 10.7 Å². The molecule has 0 radical (unpaired) electrons. The number of thioether (sulfide) groups is 3. The van der Waals surface area contributed by atoms with Gasteiger partial charge in [-0.25, -0.2) is 0 Å². The quantitative estimate of drug-likeness (QED) is 0.578. The van der Waals surface area contributed by atoms with Gasteiger partial charge in [-0.1, -0.05) is 46.0 Å². The molecule has 76 valence electrons. The molecule has 4 heteroatoms. The van der Waals surface area contributed by atoms with Crippen molar-refractivity contribution < 1.29 is 0 Å². The highest BCUT2D eigenvalue weighted by Crippen LogP contribution is 2.57. The van der Waals surface area contributed by atoms with Crippen molar-refractivity contribution in [3.8, 4) is 0 Å². The van der Waals surface area contributed by atoms with Crippen molar-refractivity contribution in [1.82, 2.24) is 0 Å². The Kier molecular flexibility index (Phi) is 3.47. The Morgan fingerprint density at radius 2 is 1.64 bits per heavy atom. The van der Waals surface area contributed by atoms with E-state index in [0.29, 0.717) is 0 Å². The van der Waals surface area contributed by atoms with Crippen LogP contribution in [0.25, 0.3) is 0 Å². The molecular weight excluding hydrogens is 248 g/mol. The lowest BCUT2D eigenvalue weighted by Gasteiger charge is -2.12. The first-order chi connectivity index (χ1) is 6.82. The molecule has 2 rings (SSSR count). The van der Waals surface area contributed by atoms with E-state index in [0.717, 1.165) is 0 Å². The summed E-state index contributed by atoms with van der Waals surface area (Å²) in [6.07, 6.45) is 0. The van der Waals surface area contributed by atoms with Crippen molar-refractivity contribution in [3.05, 3.63) is 30.1 Å². The van der Waals surface area contributed by atoms with Crippen LogP contribution in [0.1, 0.15) is 13.8 Å². The molecule has 2 aliphatic heterocycles. The third-order valence-electron chi connectivity index (χ3n) is 2.13. The van der Waals surface area contributed by atoms with Gasteiger partial charge in [0.15, 0.2) is 0 Å². The first-order valence-corrected chi connectivity index (χ1v) is 8.76. The van der Waals surface area contributed by atoms with E-state index in [4.69, 9.17) is 0 Å². The minimum absolute atomic E-state index is 0.831. The van der Waals surface area contributed by atoms with Gasteiger partial charge in [0.1, 0.15) is 0 Å². The lowest BCUT2D eigenvalue weighted by molar-refractivity contribution is 2.12. The normalized spacial score (nSPS) is 23.3. The molecule has 0 amide bonds. The van der Waals surface area contributed by atoms with Gasteiger partial charge in [0.05, 0.1) is 8.47 Å². The van der Waals surface area contributed by atoms with Crippen LogP contribution in [-0.2, 0) is 0 Å². The molecule has 0 aromatic heterocycles. The van der Waals surface area contributed by atoms with Crippen LogP contribution in [0.15, 0.2) is 30.1 Å². The van der Waals surface area contributed by atoms with Gasteiger partial charge in [-0.2, -0.15) is 9.21 Å². The van der Waals surface area contributed by atoms with E-state index in [1.165, 1.54) is 4.24 Å². The molecule has 2 aliphatic rings. The van der Waals surface area contributed by atoms with Crippen molar-refractivity contribution in [3.63, 3.8) is 0 Å². The molecule has 0 aliphatic carbocycles. The van der Waals surface area contributed by atoms with E-state index in [1.807, 2.05) is 35.3 Å². The van der Waals surface area contributed by atoms with Crippen molar-refractivity contribution in [1.29, 1.82) is 0 Å². The van der Waals surface area contributed by atoms with Crippen LogP contribution in [0.4, 0.5) is 0 Å². The number of rotatable bonds is 0. The summed E-state index contributed by atoms with van der Waals surface area (Å²) >= 11 is 5.60. The van der Waals surface area contributed by atoms with E-state index in [9.17, 15) is 0 Å². The Morgan fingerprint density at radius 3 is 2.21 bits per heavy atom. The Hall–Kier alpha value is 0.360. The predicted octanol–water partition coefficient (Wildman–Crippen LogP) is 4.73. The van der Waals surface area contributed by atoms with Crippen LogP contribution >= 0.6 is 44.5 Å². The van der Waals surface area contributed by atoms with Crippen LogP contribution in [0.2, 0.25) is 0 Å². The minimum Gasteiger partial charge on any atom is -0.153 e. The molecule has 0 nitrogen and oxygen atoms in total. The summed E-state index contributed by atoms with van der Waals surface area (Å²) in [6.45, 7) is 4.34. The van der Waals surface area contributed by atoms with Gasteiger partial charge in [-0.05, 0) is 35.5 Å². The molecule has 0 atom stereocenters. The predicted molar refractivity (Wildman–Crippen MR) is 79.1 cm³/mol. The van der Waals surface area contributed by atoms with E-state index in [2.05, 4.69) is 46.2 Å². The highest BCUT2D eigenvalue weighted by atomic mass is 32.2. The van der Waals surface area contributed by atoms with Gasteiger partial charge >= 0.3 is 0 Å². The molecule has 0 saturated carbocycles. The zero-order valence-corrected chi connectivity index (χ0v) is 11.4. The molecule has 0 aromatic carbocycles. The summed E-state index contributed by atoms with van der Waals surface area (Å²) in [5.41, 5.74) is 0. The Balaban J connectivity index is 2.55. The molecule has 0 aromatic rings. The van der Waals surface area contributed by atoms with Crippen LogP contribution in [0.5, 0.6) is 0 Å². The average molecular weight is 260 g/mol. The maximum absolute atomic E-state index is 2.36. The Labute approximate surface area is 98.8 Å². The number of hydrogen-bond donors (Lipinski definition) is 0. The van der Waals surface area contributed by atoms with Crippen molar-refractivity contribution in [2.24, 2.45) is 0 Å². The minimum atomic E-state index is -0.831. The van der Waals surface area contributed by atoms with E-state index >= 15 is 0 Å². The van der Waals surface area contributed by atoms with Gasteiger partial charge in [-0.15, -0.1) is 0 Å². The van der Waals surface area contributed by atoms with Crippen molar-refractivity contribution in [2.75, 3.05) is 0 Å². The Bertz CT molecular complexity index is 419. The summed E-state index contributed by atoms with van der Waals surface area (Å²) in [5, 5.41) is 13.6. The zero-order chi connectivity index (χ0) is 10.0. The molecule has 0 bridgehead atoms. The summed E-state index contributed by atoms with van der Waals surface area (Å²) < 4.78 is 3.01. The van der Waals surface area contributed by atoms with Crippen molar-refractivity contribution in [2.45, 2.75) is 13.8 Å². The topological polar surface area (TPSA) is 0 Å². The summed E-state index contributed by atoms with van der Waals surface area (Å²) in [7, 11) is -0.831. The molecule has 0 N–H and O–H groups in total. The number of hydrogen-bond acceptors (Lipinski definition) is 3. The highest BCUT2D eigenvalue weighted by Gasteiger charge is 2.18. The van der Waals surface area contributed by atoms with Crippen LogP contribution in [0, 0.1) is 0 Å². The summed E-state index contributed by atoms with van der Waals surface area (Å²) in [6, 6.07) is 0. The third-order valence-corrected chi connectivity index (χ3v) is 9.79. The lowest BCUT2D eigenvalue weighted by Crippen LogP contribution is -1.80. The summed E-state index contributed by atoms with van der Waals surface area (Å²) in [5.74, 6) is 0. The Morgan fingerprint density at radius 1 is 1.00 bits per heavy atom. The van der Waals surface area contributed by atoms with Gasteiger partial charge in [0.2, 0.25) is 0 Å². The van der Waals surface area contributed by atoms with E-state index < -0.39 is 9.21 Å². The fraction of sp³-hybridized carbons (Fsp3) is 0.200. The fourth-order valence-corrected chi connectivity index (χ4v) is 8.68. The highest BCUT2D eigenvalue weighted by molar-refractivity contribution is 8.46. The van der Waals surface area contributed by atoms with Gasteiger partial charge in [0.25, 0.3) is 0 Å². The van der Waals surface area contributed by atoms with Gasteiger partial charge in [-0.3, -0.25) is 0 Å². The van der Waals surface area contributed by atoms with Gasteiger partial charge < -0.3 is 0 Å². The second-order valence-electron chi connectivity index (χ2n) is 2.71. The molecule has 0 spiro atoms. The molecule has 0 unspecified atom stereocenters. The smallest absolute Gasteiger partial charge is 0.0684 e. The van der Waals surface area contributed by atoms with E-state index in [-0.39, 0.29) is 0 Å².